The lowest BCUT2D eigenvalue weighted by Gasteiger charge is -2.30. The van der Waals surface area contributed by atoms with Crippen LogP contribution in [0.5, 0.6) is 0 Å². The summed E-state index contributed by atoms with van der Waals surface area (Å²) in [5.41, 5.74) is 0.931. The highest BCUT2D eigenvalue weighted by molar-refractivity contribution is 5.96. The topological polar surface area (TPSA) is 62.3 Å². The number of hydrogen-bond acceptors (Lipinski definition) is 3. The molecule has 1 aliphatic rings. The minimum Gasteiger partial charge on any atom is -0.352 e. The van der Waals surface area contributed by atoms with Crippen LogP contribution in [0, 0.1) is 5.92 Å². The van der Waals surface area contributed by atoms with Gasteiger partial charge in [-0.05, 0) is 30.4 Å². The molecule has 1 aliphatic heterocycles. The third-order valence-electron chi connectivity index (χ3n) is 3.66. The van der Waals surface area contributed by atoms with Crippen molar-refractivity contribution in [3.63, 3.8) is 0 Å². The summed E-state index contributed by atoms with van der Waals surface area (Å²) in [5, 5.41) is 2.75. The van der Waals surface area contributed by atoms with Crippen molar-refractivity contribution in [1.82, 2.24) is 15.2 Å². The van der Waals surface area contributed by atoms with E-state index in [1.54, 1.807) is 17.3 Å². The summed E-state index contributed by atoms with van der Waals surface area (Å²) < 4.78 is 0. The molecule has 1 saturated heterocycles. The van der Waals surface area contributed by atoms with Crippen molar-refractivity contribution in [2.75, 3.05) is 13.1 Å². The number of hydrogen-bond donors (Lipinski definition) is 1. The predicted octanol–water partition coefficient (Wildman–Crippen LogP) is 1.35. The Labute approximate surface area is 119 Å². The standard InChI is InChI=1S/C15H21N3O2/c1-12-4-7-18(8-5-12)15(20)9-14(19)17-11-13-3-2-6-16-10-13/h2-3,6,10,12H,4-5,7-9,11H2,1H3,(H,17,19). The summed E-state index contributed by atoms with van der Waals surface area (Å²) in [6, 6.07) is 3.71. The number of nitrogens with zero attached hydrogens (tertiary/aromatic N) is 2. The number of nitrogens with one attached hydrogen (secondary N) is 1. The average molecular weight is 275 g/mol. The van der Waals surface area contributed by atoms with E-state index in [9.17, 15) is 9.59 Å². The number of amides is 2. The fourth-order valence-electron chi connectivity index (χ4n) is 2.27. The van der Waals surface area contributed by atoms with Gasteiger partial charge < -0.3 is 10.2 Å². The molecule has 0 atom stereocenters. The second-order valence-corrected chi connectivity index (χ2v) is 5.38. The van der Waals surface area contributed by atoms with Gasteiger partial charge in [0.2, 0.25) is 11.8 Å². The van der Waals surface area contributed by atoms with Gasteiger partial charge in [-0.15, -0.1) is 0 Å². The second-order valence-electron chi connectivity index (χ2n) is 5.38. The lowest BCUT2D eigenvalue weighted by molar-refractivity contribution is -0.137. The molecular weight excluding hydrogens is 254 g/mol. The normalized spacial score (nSPS) is 15.9. The molecule has 2 amide bonds. The molecule has 1 aromatic rings. The van der Waals surface area contributed by atoms with Gasteiger partial charge in [-0.25, -0.2) is 0 Å². The van der Waals surface area contributed by atoms with Crippen molar-refractivity contribution in [3.05, 3.63) is 30.1 Å². The largest absolute Gasteiger partial charge is 0.352 e. The molecule has 1 N–H and O–H groups in total. The zero-order valence-corrected chi connectivity index (χ0v) is 11.8. The van der Waals surface area contributed by atoms with Gasteiger partial charge in [0.25, 0.3) is 0 Å². The van der Waals surface area contributed by atoms with E-state index < -0.39 is 0 Å². The highest BCUT2D eigenvalue weighted by atomic mass is 16.2. The molecule has 0 saturated carbocycles. The van der Waals surface area contributed by atoms with Gasteiger partial charge in [0.1, 0.15) is 6.42 Å². The Hall–Kier alpha value is -1.91. The molecule has 5 nitrogen and oxygen atoms in total. The zero-order chi connectivity index (χ0) is 14.4. The summed E-state index contributed by atoms with van der Waals surface area (Å²) in [7, 11) is 0. The Morgan fingerprint density at radius 3 is 2.80 bits per heavy atom. The van der Waals surface area contributed by atoms with Crippen LogP contribution in [-0.4, -0.2) is 34.8 Å². The SMILES string of the molecule is CC1CCN(C(=O)CC(=O)NCc2cccnc2)CC1. The van der Waals surface area contributed by atoms with Crippen LogP contribution in [-0.2, 0) is 16.1 Å². The first kappa shape index (κ1) is 14.5. The fourth-order valence-corrected chi connectivity index (χ4v) is 2.27. The first-order valence-electron chi connectivity index (χ1n) is 7.08. The molecule has 1 fully saturated rings. The van der Waals surface area contributed by atoms with E-state index in [0.717, 1.165) is 31.5 Å². The van der Waals surface area contributed by atoms with Crippen LogP contribution in [0.1, 0.15) is 31.7 Å². The second kappa shape index (κ2) is 7.03. The van der Waals surface area contributed by atoms with Gasteiger partial charge in [0, 0.05) is 32.0 Å². The molecule has 5 heteroatoms. The van der Waals surface area contributed by atoms with Gasteiger partial charge in [-0.1, -0.05) is 13.0 Å². The van der Waals surface area contributed by atoms with Crippen LogP contribution in [0.4, 0.5) is 0 Å². The number of carbonyl (C=O) groups is 2. The summed E-state index contributed by atoms with van der Waals surface area (Å²) >= 11 is 0. The highest BCUT2D eigenvalue weighted by Gasteiger charge is 2.21. The number of likely N-dealkylation sites (tertiary alicyclic amines) is 1. The summed E-state index contributed by atoms with van der Waals surface area (Å²) in [5.74, 6) is 0.386. The molecule has 0 aromatic carbocycles. The fraction of sp³-hybridized carbons (Fsp3) is 0.533. The van der Waals surface area contributed by atoms with E-state index in [1.165, 1.54) is 0 Å². The van der Waals surface area contributed by atoms with Crippen molar-refractivity contribution in [2.45, 2.75) is 32.7 Å². The number of piperidine rings is 1. The minimum atomic E-state index is -0.225. The Kier molecular flexibility index (Phi) is 5.09. The minimum absolute atomic E-state index is 0.0609. The third-order valence-corrected chi connectivity index (χ3v) is 3.66. The number of carbonyl (C=O) groups excluding carboxylic acids is 2. The van der Waals surface area contributed by atoms with Gasteiger partial charge >= 0.3 is 0 Å². The maximum absolute atomic E-state index is 12.0. The Bertz CT molecular complexity index is 453. The Morgan fingerprint density at radius 2 is 2.15 bits per heavy atom. The van der Waals surface area contributed by atoms with Crippen molar-refractivity contribution >= 4 is 11.8 Å². The molecule has 1 aromatic heterocycles. The first-order chi connectivity index (χ1) is 9.65. The Balaban J connectivity index is 1.72. The lowest BCUT2D eigenvalue weighted by Crippen LogP contribution is -2.40. The van der Waals surface area contributed by atoms with Crippen molar-refractivity contribution < 1.29 is 9.59 Å². The van der Waals surface area contributed by atoms with Crippen molar-refractivity contribution in [2.24, 2.45) is 5.92 Å². The molecule has 2 heterocycles. The number of pyridine rings is 1. The molecule has 0 aliphatic carbocycles. The van der Waals surface area contributed by atoms with Gasteiger partial charge in [0.15, 0.2) is 0 Å². The molecule has 0 unspecified atom stereocenters. The molecule has 0 spiro atoms. The number of rotatable bonds is 4. The van der Waals surface area contributed by atoms with E-state index in [2.05, 4.69) is 17.2 Å². The third kappa shape index (κ3) is 4.33. The number of aromatic nitrogens is 1. The van der Waals surface area contributed by atoms with Crippen LogP contribution < -0.4 is 5.32 Å². The van der Waals surface area contributed by atoms with Crippen LogP contribution in [0.3, 0.4) is 0 Å². The Morgan fingerprint density at radius 1 is 1.40 bits per heavy atom. The molecule has 108 valence electrons. The maximum atomic E-state index is 12.0. The summed E-state index contributed by atoms with van der Waals surface area (Å²) in [4.78, 5) is 29.5. The van der Waals surface area contributed by atoms with Gasteiger partial charge in [0.05, 0.1) is 0 Å². The lowest BCUT2D eigenvalue weighted by atomic mass is 9.99. The molecular formula is C15H21N3O2. The predicted molar refractivity (Wildman–Crippen MR) is 75.7 cm³/mol. The van der Waals surface area contributed by atoms with Crippen LogP contribution >= 0.6 is 0 Å². The monoisotopic (exact) mass is 275 g/mol. The molecule has 20 heavy (non-hydrogen) atoms. The smallest absolute Gasteiger partial charge is 0.232 e. The van der Waals surface area contributed by atoms with Crippen LogP contribution in [0.2, 0.25) is 0 Å². The zero-order valence-electron chi connectivity index (χ0n) is 11.8. The average Bonchev–Trinajstić information content (AvgIpc) is 2.47. The molecule has 2 rings (SSSR count). The molecule has 0 bridgehead atoms. The quantitative estimate of drug-likeness (QED) is 0.844. The van der Waals surface area contributed by atoms with E-state index in [4.69, 9.17) is 0 Å². The van der Waals surface area contributed by atoms with Crippen LogP contribution in [0.25, 0.3) is 0 Å². The van der Waals surface area contributed by atoms with Gasteiger partial charge in [-0.2, -0.15) is 0 Å². The van der Waals surface area contributed by atoms with Gasteiger partial charge in [-0.3, -0.25) is 14.6 Å². The van der Waals surface area contributed by atoms with E-state index in [1.807, 2.05) is 12.1 Å². The van der Waals surface area contributed by atoms with Crippen molar-refractivity contribution in [1.29, 1.82) is 0 Å². The summed E-state index contributed by atoms with van der Waals surface area (Å²) in [6.45, 7) is 4.16. The first-order valence-corrected chi connectivity index (χ1v) is 7.08. The van der Waals surface area contributed by atoms with E-state index in [-0.39, 0.29) is 18.2 Å². The molecule has 0 radical (unpaired) electrons. The summed E-state index contributed by atoms with van der Waals surface area (Å²) in [6.07, 6.45) is 5.39. The van der Waals surface area contributed by atoms with E-state index in [0.29, 0.717) is 12.5 Å². The van der Waals surface area contributed by atoms with Crippen LogP contribution in [0.15, 0.2) is 24.5 Å². The van der Waals surface area contributed by atoms with E-state index >= 15 is 0 Å². The maximum Gasteiger partial charge on any atom is 0.232 e. The highest BCUT2D eigenvalue weighted by Crippen LogP contribution is 2.16. The van der Waals surface area contributed by atoms with Crippen molar-refractivity contribution in [3.8, 4) is 0 Å².